The molecule has 0 atom stereocenters. The highest BCUT2D eigenvalue weighted by molar-refractivity contribution is 6.03. The average molecular weight is 302 g/mol. The first kappa shape index (κ1) is 14.6. The van der Waals surface area contributed by atoms with Gasteiger partial charge in [0.2, 0.25) is 0 Å². The van der Waals surface area contributed by atoms with E-state index < -0.39 is 11.5 Å². The van der Waals surface area contributed by atoms with E-state index in [4.69, 9.17) is 0 Å². The Balaban J connectivity index is 2.02. The molecule has 6 heteroatoms. The maximum atomic E-state index is 12.5. The largest absolute Gasteiger partial charge is 0.506 e. The van der Waals surface area contributed by atoms with Crippen molar-refractivity contribution >= 4 is 16.8 Å². The molecular weight excluding hydrogens is 282 g/mol. The van der Waals surface area contributed by atoms with Crippen molar-refractivity contribution in [2.75, 3.05) is 19.6 Å². The molecule has 3 rings (SSSR count). The summed E-state index contributed by atoms with van der Waals surface area (Å²) >= 11 is 0. The van der Waals surface area contributed by atoms with E-state index in [1.54, 1.807) is 10.6 Å². The van der Waals surface area contributed by atoms with Crippen molar-refractivity contribution in [1.82, 2.24) is 9.88 Å². The number of hydrogen-bond donors (Lipinski definition) is 3. The summed E-state index contributed by atoms with van der Waals surface area (Å²) in [6.07, 6.45) is 0.753. The average Bonchev–Trinajstić information content (AvgIpc) is 2.95. The van der Waals surface area contributed by atoms with E-state index in [-0.39, 0.29) is 11.3 Å². The summed E-state index contributed by atoms with van der Waals surface area (Å²) in [5, 5.41) is 15.7. The molecule has 0 fully saturated rings. The fourth-order valence-electron chi connectivity index (χ4n) is 3.01. The van der Waals surface area contributed by atoms with E-state index in [0.29, 0.717) is 18.5 Å². The molecule has 0 unspecified atom stereocenters. The number of nitrogens with zero attached hydrogens (tertiary/aromatic N) is 1. The number of aromatic hydroxyl groups is 1. The summed E-state index contributed by atoms with van der Waals surface area (Å²) < 4.78 is 1.59. The molecule has 0 radical (unpaired) electrons. The monoisotopic (exact) mass is 302 g/mol. The minimum Gasteiger partial charge on any atom is -0.506 e. The highest BCUT2D eigenvalue weighted by Gasteiger charge is 2.25. The van der Waals surface area contributed by atoms with Crippen LogP contribution in [0.5, 0.6) is 5.75 Å². The zero-order valence-corrected chi connectivity index (χ0v) is 12.6. The van der Waals surface area contributed by atoms with Crippen LogP contribution in [0.3, 0.4) is 0 Å². The number of aromatic nitrogens is 1. The molecule has 0 spiro atoms. The third-order valence-corrected chi connectivity index (χ3v) is 4.09. The lowest BCUT2D eigenvalue weighted by Gasteiger charge is -2.11. The smallest absolute Gasteiger partial charge is 0.267 e. The lowest BCUT2D eigenvalue weighted by Crippen LogP contribution is -2.85. The zero-order chi connectivity index (χ0) is 15.7. The van der Waals surface area contributed by atoms with E-state index in [0.717, 1.165) is 30.6 Å². The van der Waals surface area contributed by atoms with Gasteiger partial charge in [-0.2, -0.15) is 0 Å². The van der Waals surface area contributed by atoms with Gasteiger partial charge in [-0.3, -0.25) is 9.59 Å². The number of nitrogens with two attached hydrogens (primary N) is 1. The molecule has 2 aromatic rings. The number of rotatable bonds is 5. The van der Waals surface area contributed by atoms with Crippen LogP contribution in [0.2, 0.25) is 0 Å². The molecular formula is C16H20N3O3+. The highest BCUT2D eigenvalue weighted by Crippen LogP contribution is 2.31. The Morgan fingerprint density at radius 1 is 1.45 bits per heavy atom. The minimum absolute atomic E-state index is 0.150. The van der Waals surface area contributed by atoms with E-state index >= 15 is 0 Å². The number of pyridine rings is 1. The molecule has 1 amide bonds. The van der Waals surface area contributed by atoms with Gasteiger partial charge >= 0.3 is 0 Å². The fraction of sp³-hybridized carbons (Fsp3) is 0.375. The lowest BCUT2D eigenvalue weighted by molar-refractivity contribution is -0.649. The fourth-order valence-corrected chi connectivity index (χ4v) is 3.01. The molecule has 1 aromatic heterocycles. The summed E-state index contributed by atoms with van der Waals surface area (Å²) in [5.41, 5.74) is 1.23. The quantitative estimate of drug-likeness (QED) is 0.655. The predicted octanol–water partition coefficient (Wildman–Crippen LogP) is -0.424. The van der Waals surface area contributed by atoms with Crippen molar-refractivity contribution in [3.63, 3.8) is 0 Å². The molecule has 0 saturated carbocycles. The van der Waals surface area contributed by atoms with Gasteiger partial charge in [0.1, 0.15) is 11.3 Å². The summed E-state index contributed by atoms with van der Waals surface area (Å²) in [6.45, 7) is 4.73. The number of quaternary nitrogens is 1. The standard InChI is InChI=1S/C16H19N3O3/c1-2-17-7-8-18-15(21)12-14(20)11-5-3-4-10-6-9-19(13(10)11)16(12)22/h3-5,17,20H,2,6-9H2,1H3,(H,18,21)/p+1. The van der Waals surface area contributed by atoms with Crippen molar-refractivity contribution in [3.05, 3.63) is 39.7 Å². The van der Waals surface area contributed by atoms with Crippen molar-refractivity contribution < 1.29 is 15.2 Å². The number of nitrogens with one attached hydrogen (secondary N) is 1. The molecule has 1 aliphatic heterocycles. The van der Waals surface area contributed by atoms with Crippen molar-refractivity contribution in [3.8, 4) is 5.75 Å². The first-order valence-electron chi connectivity index (χ1n) is 7.62. The molecule has 6 nitrogen and oxygen atoms in total. The van der Waals surface area contributed by atoms with Crippen LogP contribution in [-0.4, -0.2) is 35.2 Å². The second kappa shape index (κ2) is 5.81. The van der Waals surface area contributed by atoms with Gasteiger partial charge < -0.3 is 20.3 Å². The van der Waals surface area contributed by atoms with E-state index in [1.165, 1.54) is 0 Å². The van der Waals surface area contributed by atoms with Crippen molar-refractivity contribution in [1.29, 1.82) is 0 Å². The second-order valence-corrected chi connectivity index (χ2v) is 5.49. The van der Waals surface area contributed by atoms with Gasteiger partial charge in [0, 0.05) is 11.9 Å². The number of hydrogen-bond acceptors (Lipinski definition) is 3. The number of aryl methyl sites for hydroxylation is 2. The van der Waals surface area contributed by atoms with Crippen molar-refractivity contribution in [2.45, 2.75) is 19.9 Å². The van der Waals surface area contributed by atoms with Crippen LogP contribution >= 0.6 is 0 Å². The third kappa shape index (κ3) is 2.25. The molecule has 0 saturated heterocycles. The number of carbonyl (C=O) groups is 1. The Morgan fingerprint density at radius 2 is 2.27 bits per heavy atom. The Morgan fingerprint density at radius 3 is 3.05 bits per heavy atom. The molecule has 22 heavy (non-hydrogen) atoms. The molecule has 1 aromatic carbocycles. The molecule has 1 aliphatic rings. The first-order chi connectivity index (χ1) is 10.6. The zero-order valence-electron chi connectivity index (χ0n) is 12.6. The van der Waals surface area contributed by atoms with Gasteiger partial charge in [-0.15, -0.1) is 0 Å². The van der Waals surface area contributed by atoms with Crippen molar-refractivity contribution in [2.24, 2.45) is 0 Å². The lowest BCUT2D eigenvalue weighted by atomic mass is 10.1. The van der Waals surface area contributed by atoms with Gasteiger partial charge in [0.25, 0.3) is 11.5 Å². The number of benzene rings is 1. The molecule has 116 valence electrons. The van der Waals surface area contributed by atoms with Gasteiger partial charge in [0.05, 0.1) is 25.2 Å². The summed E-state index contributed by atoms with van der Waals surface area (Å²) in [6, 6.07) is 5.54. The number of likely N-dealkylation sites (N-methyl/N-ethyl adjacent to an activating group) is 1. The van der Waals surface area contributed by atoms with E-state index in [9.17, 15) is 14.7 Å². The summed E-state index contributed by atoms with van der Waals surface area (Å²) in [4.78, 5) is 24.8. The van der Waals surface area contributed by atoms with E-state index in [1.807, 2.05) is 19.1 Å². The Labute approximate surface area is 127 Å². The summed E-state index contributed by atoms with van der Waals surface area (Å²) in [5.74, 6) is -0.716. The van der Waals surface area contributed by atoms with Crippen LogP contribution in [-0.2, 0) is 13.0 Å². The van der Waals surface area contributed by atoms with Gasteiger partial charge in [0.15, 0.2) is 0 Å². The second-order valence-electron chi connectivity index (χ2n) is 5.49. The Bertz CT molecular complexity index is 795. The topological polar surface area (TPSA) is 87.9 Å². The highest BCUT2D eigenvalue weighted by atomic mass is 16.3. The van der Waals surface area contributed by atoms with Gasteiger partial charge in [-0.1, -0.05) is 12.1 Å². The predicted molar refractivity (Wildman–Crippen MR) is 83.2 cm³/mol. The van der Waals surface area contributed by atoms with Crippen LogP contribution < -0.4 is 16.2 Å². The SMILES string of the molecule is CC[NH2+]CCNC(=O)c1c(O)c2cccc3c2n(c1=O)CC3. The van der Waals surface area contributed by atoms with Crippen LogP contribution in [0.1, 0.15) is 22.8 Å². The van der Waals surface area contributed by atoms with Gasteiger partial charge in [-0.25, -0.2) is 0 Å². The van der Waals surface area contributed by atoms with Crippen LogP contribution in [0.25, 0.3) is 10.9 Å². The van der Waals surface area contributed by atoms with Gasteiger partial charge in [-0.05, 0) is 25.0 Å². The maximum Gasteiger partial charge on any atom is 0.267 e. The van der Waals surface area contributed by atoms with E-state index in [2.05, 4.69) is 10.6 Å². The Hall–Kier alpha value is -2.34. The number of amides is 1. The molecule has 4 N–H and O–H groups in total. The molecule has 0 bridgehead atoms. The maximum absolute atomic E-state index is 12.5. The first-order valence-corrected chi connectivity index (χ1v) is 7.62. The number of carbonyl (C=O) groups excluding carboxylic acids is 1. The van der Waals surface area contributed by atoms with Crippen LogP contribution in [0.15, 0.2) is 23.0 Å². The van der Waals surface area contributed by atoms with Crippen LogP contribution in [0.4, 0.5) is 0 Å². The Kier molecular flexibility index (Phi) is 3.85. The third-order valence-electron chi connectivity index (χ3n) is 4.09. The minimum atomic E-state index is -0.505. The van der Waals surface area contributed by atoms with Crippen LogP contribution in [0, 0.1) is 0 Å². The normalized spacial score (nSPS) is 12.8. The summed E-state index contributed by atoms with van der Waals surface area (Å²) in [7, 11) is 0. The number of para-hydroxylation sites is 1. The molecule has 2 heterocycles. The molecule has 0 aliphatic carbocycles.